The summed E-state index contributed by atoms with van der Waals surface area (Å²) in [7, 11) is 1.30. The van der Waals surface area contributed by atoms with Gasteiger partial charge in [-0.15, -0.1) is 0 Å². The molecule has 206 valence electrons. The standard InChI is InChI=1S/C29H36O9/c1-15(30)37-25-26(2,3)20(12-21(31)35-6)28(5)18-7-9-27(4)19(17(18)13-29(25,34)24(28)33)11-22(32)38-23(27)16-8-10-36-14-16/h8,10,14,18,20,23,25,34H,7,9,11-13H2,1-6H3/t18-,20-,23+,25+,27-,28-,29+/m1/s1. The average Bonchev–Trinajstić information content (AvgIpc) is 3.38. The van der Waals surface area contributed by atoms with Gasteiger partial charge in [0.1, 0.15) is 12.2 Å². The highest BCUT2D eigenvalue weighted by Crippen LogP contribution is 2.68. The topological polar surface area (TPSA) is 129 Å². The van der Waals surface area contributed by atoms with Crippen LogP contribution in [0.4, 0.5) is 0 Å². The van der Waals surface area contributed by atoms with Gasteiger partial charge in [-0.25, -0.2) is 0 Å². The largest absolute Gasteiger partial charge is 0.472 e. The van der Waals surface area contributed by atoms with Gasteiger partial charge in [0, 0.05) is 41.6 Å². The fourth-order valence-electron chi connectivity index (χ4n) is 8.47. The lowest BCUT2D eigenvalue weighted by Crippen LogP contribution is -2.74. The van der Waals surface area contributed by atoms with Crippen LogP contribution in [0.2, 0.25) is 0 Å². The van der Waals surface area contributed by atoms with Gasteiger partial charge in [-0.2, -0.15) is 0 Å². The lowest BCUT2D eigenvalue weighted by Gasteiger charge is -2.65. The highest BCUT2D eigenvalue weighted by atomic mass is 16.6. The number of ketones is 1. The van der Waals surface area contributed by atoms with E-state index in [1.54, 1.807) is 12.3 Å². The van der Waals surface area contributed by atoms with Gasteiger partial charge in [-0.3, -0.25) is 19.2 Å². The first-order valence-electron chi connectivity index (χ1n) is 13.2. The predicted octanol–water partition coefficient (Wildman–Crippen LogP) is 3.84. The summed E-state index contributed by atoms with van der Waals surface area (Å²) in [6.45, 7) is 8.78. The third-order valence-corrected chi connectivity index (χ3v) is 10.1. The zero-order valence-corrected chi connectivity index (χ0v) is 22.8. The molecule has 5 rings (SSSR count). The van der Waals surface area contributed by atoms with Crippen molar-refractivity contribution < 1.29 is 42.9 Å². The van der Waals surface area contributed by atoms with Crippen LogP contribution in [0.15, 0.2) is 34.2 Å². The summed E-state index contributed by atoms with van der Waals surface area (Å²) in [6.07, 6.45) is 2.51. The number of ether oxygens (including phenoxy) is 3. The molecule has 0 radical (unpaired) electrons. The van der Waals surface area contributed by atoms with Gasteiger partial charge in [0.05, 0.1) is 26.1 Å². The average molecular weight is 529 g/mol. The van der Waals surface area contributed by atoms with E-state index in [2.05, 4.69) is 0 Å². The lowest BCUT2D eigenvalue weighted by atomic mass is 9.39. The van der Waals surface area contributed by atoms with Crippen molar-refractivity contribution in [2.45, 2.75) is 84.5 Å². The van der Waals surface area contributed by atoms with Gasteiger partial charge in [0.25, 0.3) is 0 Å². The summed E-state index contributed by atoms with van der Waals surface area (Å²) >= 11 is 0. The number of esters is 3. The van der Waals surface area contributed by atoms with Crippen molar-refractivity contribution in [1.82, 2.24) is 0 Å². The number of Topliss-reactive ketones (excluding diaryl/α,β-unsaturated/α-hetero) is 1. The number of cyclic esters (lactones) is 1. The molecule has 9 heteroatoms. The maximum atomic E-state index is 14.3. The van der Waals surface area contributed by atoms with E-state index in [1.165, 1.54) is 20.3 Å². The molecule has 1 saturated heterocycles. The van der Waals surface area contributed by atoms with Gasteiger partial charge in [0.2, 0.25) is 0 Å². The minimum atomic E-state index is -2.01. The van der Waals surface area contributed by atoms with Crippen molar-refractivity contribution in [3.63, 3.8) is 0 Å². The number of rotatable bonds is 4. The molecule has 3 fully saturated rings. The Balaban J connectivity index is 1.73. The summed E-state index contributed by atoms with van der Waals surface area (Å²) in [6, 6.07) is 1.78. The fraction of sp³-hybridized carbons (Fsp3) is 0.655. The molecule has 0 amide bonds. The minimum Gasteiger partial charge on any atom is -0.472 e. The maximum Gasteiger partial charge on any atom is 0.310 e. The van der Waals surface area contributed by atoms with Gasteiger partial charge in [-0.1, -0.05) is 33.3 Å². The Morgan fingerprint density at radius 3 is 2.50 bits per heavy atom. The van der Waals surface area contributed by atoms with Gasteiger partial charge < -0.3 is 23.7 Å². The first-order valence-corrected chi connectivity index (χ1v) is 13.2. The first kappa shape index (κ1) is 26.7. The van der Waals surface area contributed by atoms with Crippen molar-refractivity contribution in [2.75, 3.05) is 7.11 Å². The number of carbonyl (C=O) groups excluding carboxylic acids is 4. The molecule has 2 saturated carbocycles. The second-order valence-electron chi connectivity index (χ2n) is 12.5. The number of furan rings is 1. The maximum absolute atomic E-state index is 14.3. The number of hydrogen-bond acceptors (Lipinski definition) is 9. The van der Waals surface area contributed by atoms with E-state index in [4.69, 9.17) is 18.6 Å². The molecule has 2 heterocycles. The van der Waals surface area contributed by atoms with Gasteiger partial charge >= 0.3 is 17.9 Å². The van der Waals surface area contributed by atoms with Crippen LogP contribution in [-0.2, 0) is 33.4 Å². The van der Waals surface area contributed by atoms with E-state index in [1.807, 2.05) is 27.7 Å². The summed E-state index contributed by atoms with van der Waals surface area (Å²) in [5.74, 6) is -2.82. The molecular weight excluding hydrogens is 492 g/mol. The Morgan fingerprint density at radius 1 is 1.18 bits per heavy atom. The molecule has 0 spiro atoms. The molecule has 0 aromatic carbocycles. The van der Waals surface area contributed by atoms with Crippen molar-refractivity contribution in [2.24, 2.45) is 28.1 Å². The Hall–Kier alpha value is -2.94. The molecule has 1 aliphatic heterocycles. The molecule has 4 aliphatic rings. The van der Waals surface area contributed by atoms with Crippen LogP contribution in [-0.4, -0.2) is 47.6 Å². The predicted molar refractivity (Wildman–Crippen MR) is 132 cm³/mol. The highest BCUT2D eigenvalue weighted by molar-refractivity contribution is 5.98. The van der Waals surface area contributed by atoms with E-state index < -0.39 is 57.7 Å². The number of methoxy groups -OCH3 is 1. The Bertz CT molecular complexity index is 1230. The summed E-state index contributed by atoms with van der Waals surface area (Å²) in [5, 5.41) is 12.2. The zero-order chi connectivity index (χ0) is 27.8. The number of carbonyl (C=O) groups is 4. The minimum absolute atomic E-state index is 0.0420. The quantitative estimate of drug-likeness (QED) is 0.352. The fourth-order valence-corrected chi connectivity index (χ4v) is 8.47. The number of hydrogen-bond donors (Lipinski definition) is 1. The highest BCUT2D eigenvalue weighted by Gasteiger charge is 2.74. The van der Waals surface area contributed by atoms with Crippen LogP contribution in [0.5, 0.6) is 0 Å². The third kappa shape index (κ3) is 3.46. The molecule has 2 bridgehead atoms. The normalized spacial score (nSPS) is 39.6. The lowest BCUT2D eigenvalue weighted by molar-refractivity contribution is -0.235. The van der Waals surface area contributed by atoms with E-state index in [0.29, 0.717) is 12.8 Å². The Kier molecular flexibility index (Phi) is 5.98. The van der Waals surface area contributed by atoms with E-state index in [9.17, 15) is 24.3 Å². The number of aliphatic hydroxyl groups is 1. The van der Waals surface area contributed by atoms with Crippen molar-refractivity contribution >= 4 is 23.7 Å². The number of fused-ring (bicyclic) bond motifs is 5. The zero-order valence-electron chi connectivity index (χ0n) is 22.8. The van der Waals surface area contributed by atoms with E-state index in [-0.39, 0.29) is 31.1 Å². The van der Waals surface area contributed by atoms with Crippen LogP contribution >= 0.6 is 0 Å². The summed E-state index contributed by atoms with van der Waals surface area (Å²) in [5.41, 5.74) is -2.24. The van der Waals surface area contributed by atoms with E-state index >= 15 is 0 Å². The van der Waals surface area contributed by atoms with Crippen LogP contribution in [0, 0.1) is 28.1 Å². The van der Waals surface area contributed by atoms with Crippen LogP contribution in [0.1, 0.15) is 78.4 Å². The molecule has 0 unspecified atom stereocenters. The summed E-state index contributed by atoms with van der Waals surface area (Å²) in [4.78, 5) is 52.1. The second kappa shape index (κ2) is 8.53. The molecule has 1 aromatic rings. The van der Waals surface area contributed by atoms with Crippen LogP contribution < -0.4 is 0 Å². The van der Waals surface area contributed by atoms with Crippen molar-refractivity contribution in [3.8, 4) is 0 Å². The van der Waals surface area contributed by atoms with Gasteiger partial charge in [-0.05, 0) is 36.3 Å². The molecule has 3 aliphatic carbocycles. The Morgan fingerprint density at radius 2 is 1.89 bits per heavy atom. The summed E-state index contributed by atoms with van der Waals surface area (Å²) < 4.78 is 21.9. The van der Waals surface area contributed by atoms with E-state index in [0.717, 1.165) is 16.7 Å². The molecule has 1 N–H and O–H groups in total. The molecule has 38 heavy (non-hydrogen) atoms. The van der Waals surface area contributed by atoms with Crippen molar-refractivity contribution in [3.05, 3.63) is 35.3 Å². The molecule has 9 nitrogen and oxygen atoms in total. The third-order valence-electron chi connectivity index (χ3n) is 10.1. The SMILES string of the molecule is COC(=O)C[C@@H]1C(C)(C)[C@H](OC(C)=O)[C@]2(O)CC3=C4CC(=O)O[C@@H](c5ccoc5)[C@]4(C)CC[C@H]3[C@@]1(C)C2=O. The van der Waals surface area contributed by atoms with Gasteiger partial charge in [0.15, 0.2) is 11.4 Å². The second-order valence-corrected chi connectivity index (χ2v) is 12.5. The smallest absolute Gasteiger partial charge is 0.310 e. The monoisotopic (exact) mass is 528 g/mol. The first-order chi connectivity index (χ1) is 17.7. The van der Waals surface area contributed by atoms with Crippen LogP contribution in [0.25, 0.3) is 0 Å². The molecular formula is C29H36O9. The molecule has 1 aromatic heterocycles. The van der Waals surface area contributed by atoms with Crippen molar-refractivity contribution in [1.29, 1.82) is 0 Å². The Labute approximate surface area is 221 Å². The van der Waals surface area contributed by atoms with Crippen LogP contribution in [0.3, 0.4) is 0 Å². The molecule has 7 atom stereocenters.